The molecule has 0 spiro atoms. The van der Waals surface area contributed by atoms with Crippen LogP contribution in [0.2, 0.25) is 5.02 Å². The van der Waals surface area contributed by atoms with E-state index in [0.717, 1.165) is 6.42 Å². The molecule has 19 heavy (non-hydrogen) atoms. The number of likely N-dealkylation sites (N-methyl/N-ethyl adjacent to an activating group) is 1. The van der Waals surface area contributed by atoms with Gasteiger partial charge in [-0.1, -0.05) is 37.1 Å². The SMILES string of the molecule is CCCC(N)C(=O)N(C)CCOc1ccccc1Cl. The minimum Gasteiger partial charge on any atom is -0.490 e. The molecule has 4 nitrogen and oxygen atoms in total. The van der Waals surface area contributed by atoms with Gasteiger partial charge in [0.25, 0.3) is 0 Å². The maximum atomic E-state index is 11.9. The van der Waals surface area contributed by atoms with Gasteiger partial charge in [-0.05, 0) is 18.6 Å². The predicted octanol–water partition coefficient (Wildman–Crippen LogP) is 2.30. The molecule has 0 aliphatic heterocycles. The zero-order valence-electron chi connectivity index (χ0n) is 11.4. The van der Waals surface area contributed by atoms with Crippen LogP contribution in [0.1, 0.15) is 19.8 Å². The molecule has 0 saturated heterocycles. The number of carbonyl (C=O) groups excluding carboxylic acids is 1. The van der Waals surface area contributed by atoms with Crippen LogP contribution in [0.5, 0.6) is 5.75 Å². The average Bonchev–Trinajstić information content (AvgIpc) is 2.40. The smallest absolute Gasteiger partial charge is 0.239 e. The largest absolute Gasteiger partial charge is 0.490 e. The van der Waals surface area contributed by atoms with Crippen LogP contribution in [0.3, 0.4) is 0 Å². The first-order chi connectivity index (χ1) is 9.06. The molecule has 0 aromatic heterocycles. The third kappa shape index (κ3) is 5.09. The molecule has 1 rings (SSSR count). The van der Waals surface area contributed by atoms with Crippen molar-refractivity contribution in [1.82, 2.24) is 4.90 Å². The summed E-state index contributed by atoms with van der Waals surface area (Å²) < 4.78 is 5.53. The van der Waals surface area contributed by atoms with Gasteiger partial charge in [-0.15, -0.1) is 0 Å². The molecular weight excluding hydrogens is 264 g/mol. The third-order valence-corrected chi connectivity index (χ3v) is 3.13. The molecule has 0 heterocycles. The molecule has 106 valence electrons. The Labute approximate surface area is 119 Å². The van der Waals surface area contributed by atoms with Gasteiger partial charge in [-0.2, -0.15) is 0 Å². The van der Waals surface area contributed by atoms with E-state index in [9.17, 15) is 4.79 Å². The van der Waals surface area contributed by atoms with Gasteiger partial charge in [-0.25, -0.2) is 0 Å². The van der Waals surface area contributed by atoms with Crippen molar-refractivity contribution < 1.29 is 9.53 Å². The van der Waals surface area contributed by atoms with Gasteiger partial charge in [0.15, 0.2) is 0 Å². The van der Waals surface area contributed by atoms with Gasteiger partial charge in [0.1, 0.15) is 12.4 Å². The van der Waals surface area contributed by atoms with Crippen molar-refractivity contribution in [1.29, 1.82) is 0 Å². The molecule has 1 unspecified atom stereocenters. The number of rotatable bonds is 7. The lowest BCUT2D eigenvalue weighted by Crippen LogP contribution is -2.43. The Kier molecular flexibility index (Phi) is 6.67. The molecule has 0 aliphatic rings. The van der Waals surface area contributed by atoms with E-state index >= 15 is 0 Å². The molecule has 0 fully saturated rings. The Hall–Kier alpha value is -1.26. The number of para-hydroxylation sites is 1. The zero-order chi connectivity index (χ0) is 14.3. The van der Waals surface area contributed by atoms with E-state index < -0.39 is 6.04 Å². The van der Waals surface area contributed by atoms with Gasteiger partial charge in [0.05, 0.1) is 17.6 Å². The van der Waals surface area contributed by atoms with E-state index in [1.165, 1.54) is 0 Å². The van der Waals surface area contributed by atoms with Crippen molar-refractivity contribution in [2.24, 2.45) is 5.73 Å². The second-order valence-corrected chi connectivity index (χ2v) is 4.84. The Morgan fingerprint density at radius 1 is 1.47 bits per heavy atom. The van der Waals surface area contributed by atoms with Gasteiger partial charge in [0.2, 0.25) is 5.91 Å². The first-order valence-electron chi connectivity index (χ1n) is 6.44. The van der Waals surface area contributed by atoms with Crippen LogP contribution < -0.4 is 10.5 Å². The zero-order valence-corrected chi connectivity index (χ0v) is 12.2. The molecule has 1 aromatic carbocycles. The van der Waals surface area contributed by atoms with Crippen LogP contribution in [0.25, 0.3) is 0 Å². The molecule has 0 radical (unpaired) electrons. The highest BCUT2D eigenvalue weighted by Crippen LogP contribution is 2.22. The van der Waals surface area contributed by atoms with Crippen molar-refractivity contribution in [2.45, 2.75) is 25.8 Å². The minimum atomic E-state index is -0.421. The lowest BCUT2D eigenvalue weighted by molar-refractivity contribution is -0.131. The first-order valence-corrected chi connectivity index (χ1v) is 6.82. The summed E-state index contributed by atoms with van der Waals surface area (Å²) in [4.78, 5) is 13.5. The van der Waals surface area contributed by atoms with E-state index in [-0.39, 0.29) is 5.91 Å². The fourth-order valence-electron chi connectivity index (χ4n) is 1.68. The number of ether oxygens (including phenoxy) is 1. The number of nitrogens with two attached hydrogens (primary N) is 1. The summed E-state index contributed by atoms with van der Waals surface area (Å²) in [5.74, 6) is 0.576. The summed E-state index contributed by atoms with van der Waals surface area (Å²) in [6, 6.07) is 6.84. The second-order valence-electron chi connectivity index (χ2n) is 4.43. The molecule has 1 atom stereocenters. The average molecular weight is 285 g/mol. The Balaban J connectivity index is 2.37. The normalized spacial score (nSPS) is 12.0. The summed E-state index contributed by atoms with van der Waals surface area (Å²) >= 11 is 5.97. The summed E-state index contributed by atoms with van der Waals surface area (Å²) in [5.41, 5.74) is 5.78. The molecule has 1 aromatic rings. The molecule has 2 N–H and O–H groups in total. The van der Waals surface area contributed by atoms with Gasteiger partial charge in [0, 0.05) is 7.05 Å². The molecular formula is C14H21ClN2O2. The Morgan fingerprint density at radius 3 is 2.79 bits per heavy atom. The standard InChI is InChI=1S/C14H21ClN2O2/c1-3-6-12(16)14(18)17(2)9-10-19-13-8-5-4-7-11(13)15/h4-5,7-8,12H,3,6,9-10,16H2,1-2H3. The fraction of sp³-hybridized carbons (Fsp3) is 0.500. The minimum absolute atomic E-state index is 0.0513. The fourth-order valence-corrected chi connectivity index (χ4v) is 1.87. The second kappa shape index (κ2) is 8.02. The van der Waals surface area contributed by atoms with E-state index in [2.05, 4.69) is 0 Å². The Bertz CT molecular complexity index is 412. The number of amides is 1. The highest BCUT2D eigenvalue weighted by Gasteiger charge is 2.16. The Morgan fingerprint density at radius 2 is 2.16 bits per heavy atom. The monoisotopic (exact) mass is 284 g/mol. The maximum absolute atomic E-state index is 11.9. The topological polar surface area (TPSA) is 55.6 Å². The van der Waals surface area contributed by atoms with Crippen LogP contribution in [-0.2, 0) is 4.79 Å². The number of hydrogen-bond acceptors (Lipinski definition) is 3. The number of carbonyl (C=O) groups is 1. The van der Waals surface area contributed by atoms with Crippen LogP contribution >= 0.6 is 11.6 Å². The third-order valence-electron chi connectivity index (χ3n) is 2.81. The van der Waals surface area contributed by atoms with Crippen LogP contribution in [0.4, 0.5) is 0 Å². The number of benzene rings is 1. The molecule has 1 amide bonds. The summed E-state index contributed by atoms with van der Waals surface area (Å²) in [7, 11) is 1.73. The first kappa shape index (κ1) is 15.8. The van der Waals surface area contributed by atoms with Crippen molar-refractivity contribution in [3.63, 3.8) is 0 Å². The highest BCUT2D eigenvalue weighted by molar-refractivity contribution is 6.32. The highest BCUT2D eigenvalue weighted by atomic mass is 35.5. The maximum Gasteiger partial charge on any atom is 0.239 e. The summed E-state index contributed by atoms with van der Waals surface area (Å²) in [5, 5.41) is 0.569. The predicted molar refractivity (Wildman–Crippen MR) is 77.5 cm³/mol. The van der Waals surface area contributed by atoms with Gasteiger partial charge in [-0.3, -0.25) is 4.79 Å². The van der Waals surface area contributed by atoms with E-state index in [0.29, 0.717) is 30.3 Å². The molecule has 0 saturated carbocycles. The molecule has 0 bridgehead atoms. The number of hydrogen-bond donors (Lipinski definition) is 1. The van der Waals surface area contributed by atoms with Crippen molar-refractivity contribution in [3.05, 3.63) is 29.3 Å². The van der Waals surface area contributed by atoms with Crippen molar-refractivity contribution in [2.75, 3.05) is 20.2 Å². The van der Waals surface area contributed by atoms with E-state index in [4.69, 9.17) is 22.1 Å². The van der Waals surface area contributed by atoms with Crippen LogP contribution in [0.15, 0.2) is 24.3 Å². The van der Waals surface area contributed by atoms with E-state index in [1.54, 1.807) is 24.1 Å². The van der Waals surface area contributed by atoms with Crippen molar-refractivity contribution in [3.8, 4) is 5.75 Å². The quantitative estimate of drug-likeness (QED) is 0.836. The lowest BCUT2D eigenvalue weighted by atomic mass is 10.1. The van der Waals surface area contributed by atoms with Gasteiger partial charge >= 0.3 is 0 Å². The summed E-state index contributed by atoms with van der Waals surface area (Å²) in [6.45, 7) is 2.89. The lowest BCUT2D eigenvalue weighted by Gasteiger charge is -2.21. The van der Waals surface area contributed by atoms with Crippen LogP contribution in [0, 0.1) is 0 Å². The van der Waals surface area contributed by atoms with E-state index in [1.807, 2.05) is 19.1 Å². The summed E-state index contributed by atoms with van der Waals surface area (Å²) in [6.07, 6.45) is 1.60. The number of nitrogens with zero attached hydrogens (tertiary/aromatic N) is 1. The number of halogens is 1. The molecule has 0 aliphatic carbocycles. The van der Waals surface area contributed by atoms with Crippen molar-refractivity contribution >= 4 is 17.5 Å². The molecule has 5 heteroatoms. The van der Waals surface area contributed by atoms with Crippen LogP contribution in [-0.4, -0.2) is 37.0 Å². The van der Waals surface area contributed by atoms with Gasteiger partial charge < -0.3 is 15.4 Å².